The summed E-state index contributed by atoms with van der Waals surface area (Å²) in [5, 5.41) is 0.0146. The van der Waals surface area contributed by atoms with Crippen molar-refractivity contribution in [2.45, 2.75) is 56.9 Å². The summed E-state index contributed by atoms with van der Waals surface area (Å²) < 4.78 is 27.3. The molecule has 1 aromatic heterocycles. The van der Waals surface area contributed by atoms with Gasteiger partial charge in [0.1, 0.15) is 10.0 Å². The van der Waals surface area contributed by atoms with Crippen LogP contribution < -0.4 is 4.72 Å². The van der Waals surface area contributed by atoms with Crippen LogP contribution in [0.2, 0.25) is 5.15 Å². The second-order valence-electron chi connectivity index (χ2n) is 4.54. The summed E-state index contributed by atoms with van der Waals surface area (Å²) in [7, 11) is -3.59. The number of hydrogen-bond acceptors (Lipinski definition) is 3. The largest absolute Gasteiger partial charge is 0.243 e. The molecule has 1 rings (SSSR count). The highest BCUT2D eigenvalue weighted by atomic mass is 35.5. The van der Waals surface area contributed by atoms with Crippen molar-refractivity contribution < 1.29 is 8.42 Å². The maximum atomic E-state index is 12.3. The van der Waals surface area contributed by atoms with Crippen molar-refractivity contribution in [3.63, 3.8) is 0 Å². The van der Waals surface area contributed by atoms with Crippen LogP contribution in [0.5, 0.6) is 0 Å². The summed E-state index contributed by atoms with van der Waals surface area (Å²) in [5.74, 6) is 0. The zero-order valence-electron chi connectivity index (χ0n) is 11.4. The molecule has 19 heavy (non-hydrogen) atoms. The topological polar surface area (TPSA) is 59.1 Å². The standard InChI is InChI=1S/C13H21ClN2O2S/c1-3-5-8-11(7-4-2)16-19(17,18)12-9-6-10-15-13(12)14/h6,9-11,16H,3-5,7-8H2,1-2H3. The summed E-state index contributed by atoms with van der Waals surface area (Å²) >= 11 is 5.84. The Hall–Kier alpha value is -0.650. The minimum Gasteiger partial charge on any atom is -0.243 e. The van der Waals surface area contributed by atoms with E-state index < -0.39 is 10.0 Å². The third kappa shape index (κ3) is 5.09. The number of unbranched alkanes of at least 4 members (excludes halogenated alkanes) is 1. The van der Waals surface area contributed by atoms with E-state index in [1.165, 1.54) is 12.3 Å². The predicted octanol–water partition coefficient (Wildman–Crippen LogP) is 3.37. The highest BCUT2D eigenvalue weighted by Gasteiger charge is 2.22. The van der Waals surface area contributed by atoms with Crippen molar-refractivity contribution in [3.8, 4) is 0 Å². The van der Waals surface area contributed by atoms with Gasteiger partial charge in [0.15, 0.2) is 0 Å². The van der Waals surface area contributed by atoms with Crippen molar-refractivity contribution >= 4 is 21.6 Å². The van der Waals surface area contributed by atoms with Gasteiger partial charge in [-0.3, -0.25) is 0 Å². The molecule has 0 fully saturated rings. The lowest BCUT2D eigenvalue weighted by Gasteiger charge is -2.18. The Kier molecular flexibility index (Phi) is 6.75. The number of nitrogens with one attached hydrogen (secondary N) is 1. The molecule has 0 saturated carbocycles. The van der Waals surface area contributed by atoms with E-state index in [9.17, 15) is 8.42 Å². The lowest BCUT2D eigenvalue weighted by Crippen LogP contribution is -2.35. The van der Waals surface area contributed by atoms with Crippen molar-refractivity contribution in [1.82, 2.24) is 9.71 Å². The molecule has 1 atom stereocenters. The fourth-order valence-electron chi connectivity index (χ4n) is 1.92. The van der Waals surface area contributed by atoms with Gasteiger partial charge in [0.2, 0.25) is 10.0 Å². The van der Waals surface area contributed by atoms with Crippen molar-refractivity contribution in [3.05, 3.63) is 23.5 Å². The number of aromatic nitrogens is 1. The summed E-state index contributed by atoms with van der Waals surface area (Å²) in [4.78, 5) is 3.86. The Morgan fingerprint density at radius 2 is 2.05 bits per heavy atom. The zero-order chi connectivity index (χ0) is 14.3. The van der Waals surface area contributed by atoms with Gasteiger partial charge in [-0.25, -0.2) is 18.1 Å². The van der Waals surface area contributed by atoms with E-state index in [-0.39, 0.29) is 16.1 Å². The molecule has 1 heterocycles. The fourth-order valence-corrected chi connectivity index (χ4v) is 3.67. The van der Waals surface area contributed by atoms with E-state index in [0.717, 1.165) is 32.1 Å². The second kappa shape index (κ2) is 7.82. The normalized spacial score (nSPS) is 13.4. The van der Waals surface area contributed by atoms with Gasteiger partial charge in [0.25, 0.3) is 0 Å². The molecule has 108 valence electrons. The van der Waals surface area contributed by atoms with E-state index in [4.69, 9.17) is 11.6 Å². The van der Waals surface area contributed by atoms with E-state index >= 15 is 0 Å². The van der Waals surface area contributed by atoms with Crippen molar-refractivity contribution in [2.75, 3.05) is 0 Å². The molecule has 0 bridgehead atoms. The highest BCUT2D eigenvalue weighted by Crippen LogP contribution is 2.19. The third-order valence-corrected chi connectivity index (χ3v) is 4.84. The van der Waals surface area contributed by atoms with Crippen LogP contribution in [0.1, 0.15) is 46.0 Å². The minimum atomic E-state index is -3.59. The van der Waals surface area contributed by atoms with E-state index in [1.807, 2.05) is 6.92 Å². The molecule has 1 N–H and O–H groups in total. The number of halogens is 1. The molecular formula is C13H21ClN2O2S. The number of pyridine rings is 1. The van der Waals surface area contributed by atoms with Gasteiger partial charge in [0, 0.05) is 12.2 Å². The van der Waals surface area contributed by atoms with Crippen LogP contribution in [0.15, 0.2) is 23.2 Å². The molecule has 0 radical (unpaired) electrons. The monoisotopic (exact) mass is 304 g/mol. The van der Waals surface area contributed by atoms with Crippen LogP contribution in [0, 0.1) is 0 Å². The number of rotatable bonds is 8. The van der Waals surface area contributed by atoms with Gasteiger partial charge in [-0.15, -0.1) is 0 Å². The first-order chi connectivity index (χ1) is 9.01. The summed E-state index contributed by atoms with van der Waals surface area (Å²) in [6, 6.07) is 3.01. The first-order valence-electron chi connectivity index (χ1n) is 6.64. The van der Waals surface area contributed by atoms with Crippen LogP contribution in [0.25, 0.3) is 0 Å². The van der Waals surface area contributed by atoms with Gasteiger partial charge in [-0.1, -0.05) is 44.7 Å². The maximum Gasteiger partial charge on any atom is 0.243 e. The molecule has 0 aliphatic carbocycles. The number of sulfonamides is 1. The molecule has 0 spiro atoms. The molecule has 4 nitrogen and oxygen atoms in total. The Morgan fingerprint density at radius 1 is 1.32 bits per heavy atom. The zero-order valence-corrected chi connectivity index (χ0v) is 13.0. The van der Waals surface area contributed by atoms with Crippen LogP contribution >= 0.6 is 11.6 Å². The second-order valence-corrected chi connectivity index (χ2v) is 6.58. The maximum absolute atomic E-state index is 12.3. The highest BCUT2D eigenvalue weighted by molar-refractivity contribution is 7.89. The van der Waals surface area contributed by atoms with Gasteiger partial charge in [-0.2, -0.15) is 0 Å². The summed E-state index contributed by atoms with van der Waals surface area (Å²) in [5.41, 5.74) is 0. The van der Waals surface area contributed by atoms with Crippen LogP contribution in [0.3, 0.4) is 0 Å². The molecule has 1 unspecified atom stereocenters. The molecule has 0 aliphatic heterocycles. The van der Waals surface area contributed by atoms with E-state index in [2.05, 4.69) is 16.6 Å². The molecule has 0 aliphatic rings. The quantitative estimate of drug-likeness (QED) is 0.749. The fraction of sp³-hybridized carbons (Fsp3) is 0.615. The molecule has 0 amide bonds. The smallest absolute Gasteiger partial charge is 0.243 e. The number of nitrogens with zero attached hydrogens (tertiary/aromatic N) is 1. The van der Waals surface area contributed by atoms with Gasteiger partial charge in [-0.05, 0) is 25.0 Å². The van der Waals surface area contributed by atoms with Crippen LogP contribution in [-0.4, -0.2) is 19.4 Å². The molecule has 0 saturated heterocycles. The molecule has 6 heteroatoms. The van der Waals surface area contributed by atoms with Gasteiger partial charge >= 0.3 is 0 Å². The van der Waals surface area contributed by atoms with Crippen LogP contribution in [-0.2, 0) is 10.0 Å². The SMILES string of the molecule is CCCCC(CCC)NS(=O)(=O)c1cccnc1Cl. The third-order valence-electron chi connectivity index (χ3n) is 2.88. The Balaban J connectivity index is 2.85. The van der Waals surface area contributed by atoms with E-state index in [1.54, 1.807) is 6.07 Å². The lowest BCUT2D eigenvalue weighted by atomic mass is 10.1. The molecule has 1 aromatic rings. The Bertz CT molecular complexity index is 491. The van der Waals surface area contributed by atoms with Crippen LogP contribution in [0.4, 0.5) is 0 Å². The Morgan fingerprint density at radius 3 is 2.63 bits per heavy atom. The lowest BCUT2D eigenvalue weighted by molar-refractivity contribution is 0.483. The first-order valence-corrected chi connectivity index (χ1v) is 8.50. The minimum absolute atomic E-state index is 0.0146. The van der Waals surface area contributed by atoms with Crippen molar-refractivity contribution in [2.24, 2.45) is 0 Å². The average molecular weight is 305 g/mol. The van der Waals surface area contributed by atoms with Gasteiger partial charge < -0.3 is 0 Å². The molecular weight excluding hydrogens is 284 g/mol. The predicted molar refractivity (Wildman–Crippen MR) is 77.8 cm³/mol. The summed E-state index contributed by atoms with van der Waals surface area (Å²) in [6.45, 7) is 4.14. The van der Waals surface area contributed by atoms with Crippen molar-refractivity contribution in [1.29, 1.82) is 0 Å². The summed E-state index contributed by atoms with van der Waals surface area (Å²) in [6.07, 6.45) is 6.15. The molecule has 0 aromatic carbocycles. The first kappa shape index (κ1) is 16.4. The average Bonchev–Trinajstić information content (AvgIpc) is 2.36. The Labute approximate surface area is 120 Å². The number of hydrogen-bond donors (Lipinski definition) is 1. The van der Waals surface area contributed by atoms with Gasteiger partial charge in [0.05, 0.1) is 0 Å². The van der Waals surface area contributed by atoms with E-state index in [0.29, 0.717) is 0 Å².